The second kappa shape index (κ2) is 9.19. The van der Waals surface area contributed by atoms with Gasteiger partial charge in [-0.3, -0.25) is 0 Å². The van der Waals surface area contributed by atoms with Crippen molar-refractivity contribution in [1.82, 2.24) is 15.3 Å². The molecule has 4 rings (SSSR count). The molecule has 7 nitrogen and oxygen atoms in total. The van der Waals surface area contributed by atoms with E-state index in [2.05, 4.69) is 57.3 Å². The monoisotopic (exact) mass is 410 g/mol. The van der Waals surface area contributed by atoms with Crippen LogP contribution in [0.2, 0.25) is 0 Å². The molecule has 2 N–H and O–H groups in total. The summed E-state index contributed by atoms with van der Waals surface area (Å²) in [7, 11) is 0. The highest BCUT2D eigenvalue weighted by molar-refractivity contribution is 7.80. The number of nitrogens with zero attached hydrogens (tertiary/aromatic N) is 4. The van der Waals surface area contributed by atoms with Crippen LogP contribution in [0.25, 0.3) is 0 Å². The van der Waals surface area contributed by atoms with Gasteiger partial charge in [0.15, 0.2) is 5.11 Å². The molecule has 3 heterocycles. The van der Waals surface area contributed by atoms with Crippen LogP contribution in [-0.2, 0) is 17.7 Å². The number of nitrogens with one attached hydrogen (secondary N) is 2. The molecular formula is C21H26N6OS. The van der Waals surface area contributed by atoms with Crippen molar-refractivity contribution in [2.24, 2.45) is 0 Å². The van der Waals surface area contributed by atoms with Crippen molar-refractivity contribution in [3.05, 3.63) is 54.1 Å². The predicted octanol–water partition coefficient (Wildman–Crippen LogP) is 2.35. The first-order valence-corrected chi connectivity index (χ1v) is 10.3. The minimum atomic E-state index is 0.485. The Hall–Kier alpha value is -2.71. The number of benzene rings is 1. The number of fused-ring (bicyclic) bond motifs is 1. The van der Waals surface area contributed by atoms with Crippen molar-refractivity contribution in [3.8, 4) is 0 Å². The van der Waals surface area contributed by atoms with Crippen LogP contribution in [0.5, 0.6) is 0 Å². The topological polar surface area (TPSA) is 65.6 Å². The van der Waals surface area contributed by atoms with Gasteiger partial charge in [0, 0.05) is 38.8 Å². The highest BCUT2D eigenvalue weighted by atomic mass is 32.1. The molecule has 1 aromatic heterocycles. The Kier molecular flexibility index (Phi) is 6.21. The average Bonchev–Trinajstić information content (AvgIpc) is 2.77. The van der Waals surface area contributed by atoms with Gasteiger partial charge < -0.3 is 25.2 Å². The molecule has 0 radical (unpaired) electrons. The molecule has 0 amide bonds. The van der Waals surface area contributed by atoms with Crippen molar-refractivity contribution in [3.63, 3.8) is 0 Å². The smallest absolute Gasteiger partial charge is 0.232 e. The molecule has 0 spiro atoms. The van der Waals surface area contributed by atoms with Gasteiger partial charge in [0.25, 0.3) is 0 Å². The van der Waals surface area contributed by atoms with Crippen LogP contribution < -0.4 is 20.4 Å². The van der Waals surface area contributed by atoms with Crippen molar-refractivity contribution < 1.29 is 4.74 Å². The fourth-order valence-corrected chi connectivity index (χ4v) is 3.77. The number of anilines is 3. The quantitative estimate of drug-likeness (QED) is 0.575. The lowest BCUT2D eigenvalue weighted by molar-refractivity contribution is 0.122. The molecule has 29 heavy (non-hydrogen) atoms. The SMILES string of the molecule is C=CCNC(=S)Nc1nc(N2CCOCC2)cc(N2CCc3ccccc3C2)n1. The first kappa shape index (κ1) is 19.6. The van der Waals surface area contributed by atoms with Gasteiger partial charge in [-0.25, -0.2) is 0 Å². The summed E-state index contributed by atoms with van der Waals surface area (Å²) < 4.78 is 5.49. The van der Waals surface area contributed by atoms with Crippen molar-refractivity contribution in [1.29, 1.82) is 0 Å². The fraction of sp³-hybridized carbons (Fsp3) is 0.381. The summed E-state index contributed by atoms with van der Waals surface area (Å²) in [4.78, 5) is 14.0. The Bertz CT molecular complexity index is 883. The van der Waals surface area contributed by atoms with E-state index in [-0.39, 0.29) is 0 Å². The molecule has 1 fully saturated rings. The second-order valence-electron chi connectivity index (χ2n) is 7.07. The molecule has 0 saturated carbocycles. The molecule has 0 atom stereocenters. The Morgan fingerprint density at radius 3 is 2.59 bits per heavy atom. The lowest BCUT2D eigenvalue weighted by Crippen LogP contribution is -2.38. The normalized spacial score (nSPS) is 16.1. The van der Waals surface area contributed by atoms with Gasteiger partial charge in [0.05, 0.1) is 13.2 Å². The highest BCUT2D eigenvalue weighted by Gasteiger charge is 2.21. The van der Waals surface area contributed by atoms with E-state index >= 15 is 0 Å². The van der Waals surface area contributed by atoms with E-state index in [1.807, 2.05) is 0 Å². The van der Waals surface area contributed by atoms with Gasteiger partial charge in [-0.15, -0.1) is 6.58 Å². The zero-order chi connectivity index (χ0) is 20.1. The minimum Gasteiger partial charge on any atom is -0.378 e. The zero-order valence-corrected chi connectivity index (χ0v) is 17.2. The molecule has 0 unspecified atom stereocenters. The first-order chi connectivity index (χ1) is 14.2. The van der Waals surface area contributed by atoms with Crippen molar-refractivity contribution >= 4 is 34.9 Å². The Balaban J connectivity index is 1.60. The number of hydrogen-bond donors (Lipinski definition) is 2. The van der Waals surface area contributed by atoms with Crippen LogP contribution in [0.15, 0.2) is 43.0 Å². The zero-order valence-electron chi connectivity index (χ0n) is 16.4. The molecular weight excluding hydrogens is 384 g/mol. The Labute approximate surface area is 176 Å². The summed E-state index contributed by atoms with van der Waals surface area (Å²) in [6.07, 6.45) is 2.77. The number of rotatable bonds is 5. The van der Waals surface area contributed by atoms with Crippen LogP contribution in [0, 0.1) is 0 Å². The Morgan fingerprint density at radius 1 is 1.10 bits per heavy atom. The summed E-state index contributed by atoms with van der Waals surface area (Å²) in [5.74, 6) is 2.31. The van der Waals surface area contributed by atoms with Crippen LogP contribution in [0.1, 0.15) is 11.1 Å². The van der Waals surface area contributed by atoms with Gasteiger partial charge in [-0.2, -0.15) is 9.97 Å². The number of ether oxygens (including phenoxy) is 1. The van der Waals surface area contributed by atoms with Crippen molar-refractivity contribution in [2.75, 3.05) is 54.5 Å². The molecule has 2 aromatic rings. The number of morpholine rings is 1. The number of aromatic nitrogens is 2. The van der Waals surface area contributed by atoms with Gasteiger partial charge in [-0.05, 0) is 29.8 Å². The van der Waals surface area contributed by atoms with E-state index in [0.717, 1.165) is 44.2 Å². The molecule has 2 aliphatic heterocycles. The fourth-order valence-electron chi connectivity index (χ4n) is 3.60. The van der Waals surface area contributed by atoms with Gasteiger partial charge >= 0.3 is 0 Å². The van der Waals surface area contributed by atoms with E-state index in [0.29, 0.717) is 30.8 Å². The predicted molar refractivity (Wildman–Crippen MR) is 121 cm³/mol. The largest absolute Gasteiger partial charge is 0.378 e. The maximum Gasteiger partial charge on any atom is 0.232 e. The van der Waals surface area contributed by atoms with Crippen LogP contribution in [0.4, 0.5) is 17.6 Å². The van der Waals surface area contributed by atoms with E-state index in [4.69, 9.17) is 26.9 Å². The summed E-state index contributed by atoms with van der Waals surface area (Å²) in [6.45, 7) is 9.11. The molecule has 8 heteroatoms. The molecule has 152 valence electrons. The highest BCUT2D eigenvalue weighted by Crippen LogP contribution is 2.27. The first-order valence-electron chi connectivity index (χ1n) is 9.92. The van der Waals surface area contributed by atoms with Gasteiger partial charge in [0.2, 0.25) is 5.95 Å². The summed E-state index contributed by atoms with van der Waals surface area (Å²) >= 11 is 5.36. The molecule has 1 aromatic carbocycles. The Morgan fingerprint density at radius 2 is 1.83 bits per heavy atom. The lowest BCUT2D eigenvalue weighted by Gasteiger charge is -2.32. The molecule has 0 bridgehead atoms. The number of thiocarbonyl (C=S) groups is 1. The standard InChI is InChI=1S/C21H26N6OS/c1-2-8-22-21(29)25-20-23-18(26-10-12-28-13-11-26)14-19(24-20)27-9-7-16-5-3-4-6-17(16)15-27/h2-6,14H,1,7-13,15H2,(H2,22,23,24,25,29). The van der Waals surface area contributed by atoms with Crippen LogP contribution in [0.3, 0.4) is 0 Å². The van der Waals surface area contributed by atoms with E-state index in [1.54, 1.807) is 6.08 Å². The van der Waals surface area contributed by atoms with Crippen LogP contribution in [-0.4, -0.2) is 54.5 Å². The molecule has 1 saturated heterocycles. The summed E-state index contributed by atoms with van der Waals surface area (Å²) in [5.41, 5.74) is 2.77. The maximum atomic E-state index is 5.49. The second-order valence-corrected chi connectivity index (χ2v) is 7.48. The van der Waals surface area contributed by atoms with E-state index in [9.17, 15) is 0 Å². The number of hydrogen-bond acceptors (Lipinski definition) is 6. The third kappa shape index (κ3) is 4.83. The minimum absolute atomic E-state index is 0.485. The summed E-state index contributed by atoms with van der Waals surface area (Å²) in [5, 5.41) is 6.67. The lowest BCUT2D eigenvalue weighted by atomic mass is 10.00. The van der Waals surface area contributed by atoms with E-state index in [1.165, 1.54) is 11.1 Å². The maximum absolute atomic E-state index is 5.49. The van der Waals surface area contributed by atoms with Crippen LogP contribution >= 0.6 is 12.2 Å². The molecule has 2 aliphatic rings. The van der Waals surface area contributed by atoms with Gasteiger partial charge in [-0.1, -0.05) is 30.3 Å². The van der Waals surface area contributed by atoms with E-state index < -0.39 is 0 Å². The van der Waals surface area contributed by atoms with Crippen molar-refractivity contribution in [2.45, 2.75) is 13.0 Å². The summed E-state index contributed by atoms with van der Waals surface area (Å²) in [6, 6.07) is 10.7. The third-order valence-electron chi connectivity index (χ3n) is 5.12. The molecule has 0 aliphatic carbocycles. The van der Waals surface area contributed by atoms with Gasteiger partial charge in [0.1, 0.15) is 11.6 Å². The third-order valence-corrected chi connectivity index (χ3v) is 5.37. The average molecular weight is 411 g/mol.